The van der Waals surface area contributed by atoms with Crippen molar-refractivity contribution in [3.63, 3.8) is 0 Å². The molecule has 2 aromatic rings. The Morgan fingerprint density at radius 3 is 2.52 bits per heavy atom. The van der Waals surface area contributed by atoms with Crippen LogP contribution in [-0.2, 0) is 12.8 Å². The molecule has 0 amide bonds. The minimum atomic E-state index is 0.667. The highest BCUT2D eigenvalue weighted by atomic mass is 35.5. The molecule has 2 rings (SSSR count). The van der Waals surface area contributed by atoms with Gasteiger partial charge in [-0.1, -0.05) is 41.9 Å². The third-order valence-corrected chi connectivity index (χ3v) is 4.13. The maximum atomic E-state index is 6.13. The summed E-state index contributed by atoms with van der Waals surface area (Å²) in [5.74, 6) is 0.878. The van der Waals surface area contributed by atoms with Gasteiger partial charge in [0.05, 0.1) is 7.11 Å². The largest absolute Gasteiger partial charge is 0.497 e. The molecule has 0 radical (unpaired) electrons. The molecule has 0 aliphatic rings. The van der Waals surface area contributed by atoms with Gasteiger partial charge in [0.15, 0.2) is 5.11 Å². The van der Waals surface area contributed by atoms with Crippen LogP contribution in [0.1, 0.15) is 11.1 Å². The van der Waals surface area contributed by atoms with E-state index in [-0.39, 0.29) is 0 Å². The molecule has 0 aliphatic heterocycles. The smallest absolute Gasteiger partial charge is 0.166 e. The van der Waals surface area contributed by atoms with Gasteiger partial charge >= 0.3 is 0 Å². The molecule has 0 saturated heterocycles. The molecule has 2 N–H and O–H groups in total. The summed E-state index contributed by atoms with van der Waals surface area (Å²) < 4.78 is 5.22. The highest BCUT2D eigenvalue weighted by Gasteiger charge is 2.01. The van der Waals surface area contributed by atoms with E-state index in [1.807, 2.05) is 42.5 Å². The Morgan fingerprint density at radius 2 is 1.78 bits per heavy atom. The van der Waals surface area contributed by atoms with Crippen LogP contribution in [0.15, 0.2) is 48.5 Å². The van der Waals surface area contributed by atoms with Crippen molar-refractivity contribution in [1.29, 1.82) is 0 Å². The van der Waals surface area contributed by atoms with Gasteiger partial charge in [-0.3, -0.25) is 0 Å². The van der Waals surface area contributed by atoms with Gasteiger partial charge in [0.25, 0.3) is 0 Å². The molecule has 0 atom stereocenters. The summed E-state index contributed by atoms with van der Waals surface area (Å²) >= 11 is 11.4. The molecule has 0 spiro atoms. The standard InChI is InChI=1S/C18H21ClN2OS/c1-22-16-7-4-5-14(13-16)9-11-20-18(23)21-12-10-15-6-2-3-8-17(15)19/h2-8,13H,9-12H2,1H3,(H2,20,21,23). The molecule has 0 aromatic heterocycles. The summed E-state index contributed by atoms with van der Waals surface area (Å²) in [6.45, 7) is 1.54. The average Bonchev–Trinajstić information content (AvgIpc) is 2.57. The number of thiocarbonyl (C=S) groups is 1. The van der Waals surface area contributed by atoms with Crippen LogP contribution in [0.4, 0.5) is 0 Å². The zero-order chi connectivity index (χ0) is 16.5. The van der Waals surface area contributed by atoms with E-state index in [2.05, 4.69) is 16.7 Å². The summed E-state index contributed by atoms with van der Waals surface area (Å²) in [6.07, 6.45) is 1.74. The van der Waals surface area contributed by atoms with Gasteiger partial charge in [0.1, 0.15) is 5.75 Å². The van der Waals surface area contributed by atoms with Gasteiger partial charge in [-0.15, -0.1) is 0 Å². The molecular weight excluding hydrogens is 328 g/mol. The van der Waals surface area contributed by atoms with Crippen LogP contribution >= 0.6 is 23.8 Å². The number of nitrogens with one attached hydrogen (secondary N) is 2. The number of rotatable bonds is 7. The fraction of sp³-hybridized carbons (Fsp3) is 0.278. The first-order chi connectivity index (χ1) is 11.2. The second-order valence-corrected chi connectivity index (χ2v) is 5.94. The maximum Gasteiger partial charge on any atom is 0.166 e. The predicted molar refractivity (Wildman–Crippen MR) is 100 cm³/mol. The summed E-state index contributed by atoms with van der Waals surface area (Å²) in [7, 11) is 1.68. The Labute approximate surface area is 148 Å². The van der Waals surface area contributed by atoms with Gasteiger partial charge < -0.3 is 15.4 Å². The van der Waals surface area contributed by atoms with E-state index in [4.69, 9.17) is 28.6 Å². The van der Waals surface area contributed by atoms with Crippen molar-refractivity contribution in [1.82, 2.24) is 10.6 Å². The minimum absolute atomic E-state index is 0.667. The molecule has 0 heterocycles. The maximum absolute atomic E-state index is 6.13. The van der Waals surface area contributed by atoms with E-state index >= 15 is 0 Å². The van der Waals surface area contributed by atoms with Crippen molar-refractivity contribution in [2.24, 2.45) is 0 Å². The fourth-order valence-corrected chi connectivity index (χ4v) is 2.66. The van der Waals surface area contributed by atoms with Crippen molar-refractivity contribution in [2.45, 2.75) is 12.8 Å². The lowest BCUT2D eigenvalue weighted by molar-refractivity contribution is 0.414. The SMILES string of the molecule is COc1cccc(CCNC(=S)NCCc2ccccc2Cl)c1. The highest BCUT2D eigenvalue weighted by Crippen LogP contribution is 2.15. The molecule has 122 valence electrons. The highest BCUT2D eigenvalue weighted by molar-refractivity contribution is 7.80. The van der Waals surface area contributed by atoms with Crippen LogP contribution in [0, 0.1) is 0 Å². The van der Waals surface area contributed by atoms with Gasteiger partial charge in [0.2, 0.25) is 0 Å². The average molecular weight is 349 g/mol. The van der Waals surface area contributed by atoms with E-state index in [0.717, 1.165) is 42.3 Å². The molecule has 0 saturated carbocycles. The molecule has 0 unspecified atom stereocenters. The van der Waals surface area contributed by atoms with E-state index < -0.39 is 0 Å². The Morgan fingerprint density at radius 1 is 1.04 bits per heavy atom. The van der Waals surface area contributed by atoms with Gasteiger partial charge in [-0.25, -0.2) is 0 Å². The Kier molecular flexibility index (Phi) is 7.17. The third kappa shape index (κ3) is 6.08. The van der Waals surface area contributed by atoms with E-state index in [0.29, 0.717) is 5.11 Å². The molecule has 2 aromatic carbocycles. The lowest BCUT2D eigenvalue weighted by Crippen LogP contribution is -2.37. The lowest BCUT2D eigenvalue weighted by atomic mass is 10.1. The van der Waals surface area contributed by atoms with E-state index in [9.17, 15) is 0 Å². The number of halogens is 1. The number of benzene rings is 2. The molecule has 23 heavy (non-hydrogen) atoms. The monoisotopic (exact) mass is 348 g/mol. The topological polar surface area (TPSA) is 33.3 Å². The first-order valence-corrected chi connectivity index (χ1v) is 8.35. The molecule has 0 bridgehead atoms. The molecular formula is C18H21ClN2OS. The summed E-state index contributed by atoms with van der Waals surface area (Å²) in [4.78, 5) is 0. The summed E-state index contributed by atoms with van der Waals surface area (Å²) in [6, 6.07) is 15.9. The number of hydrogen-bond acceptors (Lipinski definition) is 2. The van der Waals surface area contributed by atoms with Gasteiger partial charge in [-0.05, 0) is 54.4 Å². The molecule has 0 aliphatic carbocycles. The number of hydrogen-bond donors (Lipinski definition) is 2. The Hall–Kier alpha value is -1.78. The van der Waals surface area contributed by atoms with Crippen molar-refractivity contribution in [3.05, 3.63) is 64.7 Å². The van der Waals surface area contributed by atoms with Crippen LogP contribution < -0.4 is 15.4 Å². The quantitative estimate of drug-likeness (QED) is 0.749. The van der Waals surface area contributed by atoms with E-state index in [1.165, 1.54) is 5.56 Å². The van der Waals surface area contributed by atoms with Gasteiger partial charge in [0, 0.05) is 18.1 Å². The number of methoxy groups -OCH3 is 1. The second kappa shape index (κ2) is 9.38. The van der Waals surface area contributed by atoms with Gasteiger partial charge in [-0.2, -0.15) is 0 Å². The van der Waals surface area contributed by atoms with Crippen LogP contribution in [0.25, 0.3) is 0 Å². The van der Waals surface area contributed by atoms with E-state index in [1.54, 1.807) is 7.11 Å². The fourth-order valence-electron chi connectivity index (χ4n) is 2.22. The Bertz CT molecular complexity index is 648. The predicted octanol–water partition coefficient (Wildman–Crippen LogP) is 3.60. The minimum Gasteiger partial charge on any atom is -0.497 e. The molecule has 5 heteroatoms. The first kappa shape index (κ1) is 17.6. The van der Waals surface area contributed by atoms with Crippen molar-refractivity contribution < 1.29 is 4.74 Å². The van der Waals surface area contributed by atoms with Crippen LogP contribution in [0.3, 0.4) is 0 Å². The summed E-state index contributed by atoms with van der Waals surface area (Å²) in [5, 5.41) is 7.88. The second-order valence-electron chi connectivity index (χ2n) is 5.13. The molecule has 0 fully saturated rings. The van der Waals surface area contributed by atoms with Crippen molar-refractivity contribution >= 4 is 28.9 Å². The first-order valence-electron chi connectivity index (χ1n) is 7.57. The third-order valence-electron chi connectivity index (χ3n) is 3.47. The van der Waals surface area contributed by atoms with Crippen molar-refractivity contribution in [2.75, 3.05) is 20.2 Å². The summed E-state index contributed by atoms with van der Waals surface area (Å²) in [5.41, 5.74) is 2.34. The zero-order valence-corrected chi connectivity index (χ0v) is 14.7. The van der Waals surface area contributed by atoms with Crippen LogP contribution in [-0.4, -0.2) is 25.3 Å². The lowest BCUT2D eigenvalue weighted by Gasteiger charge is -2.11. The molecule has 3 nitrogen and oxygen atoms in total. The Balaban J connectivity index is 1.66. The number of ether oxygens (including phenoxy) is 1. The zero-order valence-electron chi connectivity index (χ0n) is 13.1. The normalized spacial score (nSPS) is 10.2. The van der Waals surface area contributed by atoms with Crippen molar-refractivity contribution in [3.8, 4) is 5.75 Å². The van der Waals surface area contributed by atoms with Crippen LogP contribution in [0.5, 0.6) is 5.75 Å². The van der Waals surface area contributed by atoms with Crippen LogP contribution in [0.2, 0.25) is 5.02 Å².